The molecule has 1 unspecified atom stereocenters. The number of hydrogen-bond acceptors (Lipinski definition) is 3. The highest BCUT2D eigenvalue weighted by Crippen LogP contribution is 2.14. The monoisotopic (exact) mass is 242 g/mol. The van der Waals surface area contributed by atoms with Gasteiger partial charge in [0, 0.05) is 19.6 Å². The van der Waals surface area contributed by atoms with E-state index < -0.39 is 0 Å². The third-order valence-electron chi connectivity index (χ3n) is 3.12. The van der Waals surface area contributed by atoms with Crippen LogP contribution in [0.25, 0.3) is 0 Å². The van der Waals surface area contributed by atoms with Crippen LogP contribution >= 0.6 is 0 Å². The molecule has 4 nitrogen and oxygen atoms in total. The Morgan fingerprint density at radius 1 is 1.53 bits per heavy atom. The van der Waals surface area contributed by atoms with Gasteiger partial charge in [-0.15, -0.1) is 0 Å². The summed E-state index contributed by atoms with van der Waals surface area (Å²) in [5.74, 6) is 0.644. The van der Waals surface area contributed by atoms with E-state index in [1.165, 1.54) is 6.42 Å². The van der Waals surface area contributed by atoms with Gasteiger partial charge in [0.1, 0.15) is 0 Å². The average molecular weight is 242 g/mol. The molecule has 1 saturated heterocycles. The number of nitrogens with one attached hydrogen (secondary N) is 2. The van der Waals surface area contributed by atoms with Gasteiger partial charge in [-0.25, -0.2) is 0 Å². The van der Waals surface area contributed by atoms with Gasteiger partial charge in [-0.2, -0.15) is 0 Å². The molecule has 0 aromatic rings. The normalized spacial score (nSPS) is 21.2. The summed E-state index contributed by atoms with van der Waals surface area (Å²) in [5, 5.41) is 6.29. The maximum Gasteiger partial charge on any atom is 0.220 e. The number of amides is 1. The Kier molecular flexibility index (Phi) is 5.92. The highest BCUT2D eigenvalue weighted by Gasteiger charge is 2.21. The van der Waals surface area contributed by atoms with E-state index in [1.54, 1.807) is 0 Å². The van der Waals surface area contributed by atoms with Crippen LogP contribution < -0.4 is 10.6 Å². The van der Waals surface area contributed by atoms with E-state index in [2.05, 4.69) is 10.6 Å². The second kappa shape index (κ2) is 6.97. The zero-order valence-electron chi connectivity index (χ0n) is 11.3. The molecular weight excluding hydrogens is 216 g/mol. The number of carbonyl (C=O) groups is 1. The number of rotatable bonds is 6. The van der Waals surface area contributed by atoms with Crippen molar-refractivity contribution in [3.05, 3.63) is 0 Å². The van der Waals surface area contributed by atoms with E-state index in [1.807, 2.05) is 20.8 Å². The smallest absolute Gasteiger partial charge is 0.220 e. The fourth-order valence-electron chi connectivity index (χ4n) is 2.19. The Balaban J connectivity index is 2.20. The molecule has 100 valence electrons. The van der Waals surface area contributed by atoms with E-state index in [0.717, 1.165) is 19.5 Å². The van der Waals surface area contributed by atoms with Crippen LogP contribution in [-0.2, 0) is 9.53 Å². The van der Waals surface area contributed by atoms with Crippen LogP contribution in [0.2, 0.25) is 0 Å². The quantitative estimate of drug-likeness (QED) is 0.738. The molecule has 0 aromatic carbocycles. The van der Waals surface area contributed by atoms with E-state index in [0.29, 0.717) is 25.5 Å². The average Bonchev–Trinajstić information content (AvgIpc) is 2.28. The highest BCUT2D eigenvalue weighted by molar-refractivity contribution is 5.76. The lowest BCUT2D eigenvalue weighted by Crippen LogP contribution is -2.42. The molecule has 1 amide bonds. The fourth-order valence-corrected chi connectivity index (χ4v) is 2.19. The molecule has 1 rings (SSSR count). The first-order valence-electron chi connectivity index (χ1n) is 6.65. The van der Waals surface area contributed by atoms with Crippen molar-refractivity contribution < 1.29 is 9.53 Å². The summed E-state index contributed by atoms with van der Waals surface area (Å²) >= 11 is 0. The number of carbonyl (C=O) groups excluding carboxylic acids is 1. The molecule has 1 heterocycles. The van der Waals surface area contributed by atoms with Crippen LogP contribution in [0.4, 0.5) is 0 Å². The first kappa shape index (κ1) is 14.5. The number of piperidine rings is 1. The van der Waals surface area contributed by atoms with Gasteiger partial charge in [-0.05, 0) is 52.6 Å². The largest absolute Gasteiger partial charge is 0.374 e. The molecule has 0 radical (unpaired) electrons. The predicted octanol–water partition coefficient (Wildman–Crippen LogP) is 1.31. The lowest BCUT2D eigenvalue weighted by molar-refractivity contribution is -0.123. The van der Waals surface area contributed by atoms with Crippen LogP contribution in [0, 0.1) is 5.92 Å². The first-order valence-corrected chi connectivity index (χ1v) is 6.65. The Bertz CT molecular complexity index is 236. The number of ether oxygens (including phenoxy) is 1. The van der Waals surface area contributed by atoms with E-state index in [9.17, 15) is 4.79 Å². The first-order chi connectivity index (χ1) is 8.03. The van der Waals surface area contributed by atoms with Crippen molar-refractivity contribution in [3.8, 4) is 0 Å². The van der Waals surface area contributed by atoms with Gasteiger partial charge in [0.15, 0.2) is 0 Å². The Hall–Kier alpha value is -0.610. The van der Waals surface area contributed by atoms with Crippen LogP contribution in [0.15, 0.2) is 0 Å². The summed E-state index contributed by atoms with van der Waals surface area (Å²) in [6.45, 7) is 9.29. The molecule has 2 N–H and O–H groups in total. The molecule has 17 heavy (non-hydrogen) atoms. The van der Waals surface area contributed by atoms with Crippen molar-refractivity contribution in [3.63, 3.8) is 0 Å². The molecular formula is C13H26N2O2. The summed E-state index contributed by atoms with van der Waals surface area (Å²) in [6, 6.07) is 0. The molecule has 1 aliphatic heterocycles. The van der Waals surface area contributed by atoms with Gasteiger partial charge in [0.25, 0.3) is 0 Å². The minimum Gasteiger partial charge on any atom is -0.374 e. The molecule has 0 saturated carbocycles. The Morgan fingerprint density at radius 3 is 2.88 bits per heavy atom. The molecule has 0 spiro atoms. The minimum atomic E-state index is -0.269. The summed E-state index contributed by atoms with van der Waals surface area (Å²) in [6.07, 6.45) is 2.98. The van der Waals surface area contributed by atoms with Crippen molar-refractivity contribution in [1.29, 1.82) is 0 Å². The maximum atomic E-state index is 11.8. The van der Waals surface area contributed by atoms with Crippen LogP contribution in [0.1, 0.15) is 40.0 Å². The van der Waals surface area contributed by atoms with E-state index in [-0.39, 0.29) is 11.5 Å². The second-order valence-electron chi connectivity index (χ2n) is 5.39. The molecule has 1 aliphatic rings. The van der Waals surface area contributed by atoms with Crippen molar-refractivity contribution in [1.82, 2.24) is 10.6 Å². The zero-order chi connectivity index (χ0) is 12.7. The molecule has 1 fully saturated rings. The van der Waals surface area contributed by atoms with Gasteiger partial charge in [-0.3, -0.25) is 4.79 Å². The maximum absolute atomic E-state index is 11.8. The Morgan fingerprint density at radius 2 is 2.29 bits per heavy atom. The summed E-state index contributed by atoms with van der Waals surface area (Å²) in [7, 11) is 0. The lowest BCUT2D eigenvalue weighted by Gasteiger charge is -2.26. The van der Waals surface area contributed by atoms with Crippen molar-refractivity contribution in [2.45, 2.75) is 45.6 Å². The highest BCUT2D eigenvalue weighted by atomic mass is 16.5. The molecule has 1 atom stereocenters. The third-order valence-corrected chi connectivity index (χ3v) is 3.12. The Labute approximate surface area is 104 Å². The van der Waals surface area contributed by atoms with Gasteiger partial charge in [-0.1, -0.05) is 0 Å². The lowest BCUT2D eigenvalue weighted by atomic mass is 9.96. The van der Waals surface area contributed by atoms with Crippen molar-refractivity contribution in [2.24, 2.45) is 5.92 Å². The molecule has 0 bridgehead atoms. The molecule has 0 aliphatic carbocycles. The van der Waals surface area contributed by atoms with Gasteiger partial charge >= 0.3 is 0 Å². The topological polar surface area (TPSA) is 50.4 Å². The van der Waals surface area contributed by atoms with Crippen LogP contribution in [0.5, 0.6) is 0 Å². The van der Waals surface area contributed by atoms with Crippen LogP contribution in [-0.4, -0.2) is 37.7 Å². The predicted molar refractivity (Wildman–Crippen MR) is 68.9 cm³/mol. The van der Waals surface area contributed by atoms with Gasteiger partial charge < -0.3 is 15.4 Å². The third kappa shape index (κ3) is 6.03. The summed E-state index contributed by atoms with van der Waals surface area (Å²) in [5.41, 5.74) is -0.269. The van der Waals surface area contributed by atoms with Gasteiger partial charge in [0.2, 0.25) is 5.91 Å². The summed E-state index contributed by atoms with van der Waals surface area (Å²) < 4.78 is 5.54. The van der Waals surface area contributed by atoms with E-state index >= 15 is 0 Å². The fraction of sp³-hybridized carbons (Fsp3) is 0.923. The standard InChI is InChI=1S/C13H26N2O2/c1-4-17-13(2,3)10-15-12(16)8-11-6-5-7-14-9-11/h11,14H,4-10H2,1-3H3,(H,15,16). The van der Waals surface area contributed by atoms with E-state index in [4.69, 9.17) is 4.74 Å². The van der Waals surface area contributed by atoms with Crippen molar-refractivity contribution in [2.75, 3.05) is 26.2 Å². The second-order valence-corrected chi connectivity index (χ2v) is 5.39. The van der Waals surface area contributed by atoms with Crippen molar-refractivity contribution >= 4 is 5.91 Å². The number of hydrogen-bond donors (Lipinski definition) is 2. The minimum absolute atomic E-state index is 0.145. The summed E-state index contributed by atoms with van der Waals surface area (Å²) in [4.78, 5) is 11.8. The van der Waals surface area contributed by atoms with Crippen LogP contribution in [0.3, 0.4) is 0 Å². The molecule has 0 aromatic heterocycles. The SMILES string of the molecule is CCOC(C)(C)CNC(=O)CC1CCCNC1. The molecule has 4 heteroatoms. The zero-order valence-corrected chi connectivity index (χ0v) is 11.3. The van der Waals surface area contributed by atoms with Gasteiger partial charge in [0.05, 0.1) is 5.60 Å².